The van der Waals surface area contributed by atoms with Crippen LogP contribution in [-0.2, 0) is 0 Å². The average Bonchev–Trinajstić information content (AvgIpc) is 3.27. The summed E-state index contributed by atoms with van der Waals surface area (Å²) in [5, 5.41) is 10.1. The quantitative estimate of drug-likeness (QED) is 0.394. The van der Waals surface area contributed by atoms with E-state index in [0.717, 1.165) is 35.1 Å². The minimum atomic E-state index is -0.524. The number of hydrogen-bond acceptors (Lipinski definition) is 6. The van der Waals surface area contributed by atoms with Crippen LogP contribution in [0.4, 0.5) is 22.0 Å². The van der Waals surface area contributed by atoms with Gasteiger partial charge in [-0.15, -0.1) is 0 Å². The second kappa shape index (κ2) is 6.84. The van der Waals surface area contributed by atoms with Crippen LogP contribution >= 0.6 is 0 Å². The number of rotatable bonds is 6. The number of aromatic amines is 2. The second-order valence-electron chi connectivity index (χ2n) is 7.38. The molecule has 1 aliphatic rings. The molecule has 5 N–H and O–H groups in total. The Labute approximate surface area is 166 Å². The molecule has 0 saturated heterocycles. The maximum absolute atomic E-state index is 15.4. The van der Waals surface area contributed by atoms with Crippen LogP contribution in [0.25, 0.3) is 11.0 Å². The van der Waals surface area contributed by atoms with E-state index in [0.29, 0.717) is 18.2 Å². The van der Waals surface area contributed by atoms with Gasteiger partial charge in [-0.1, -0.05) is 13.0 Å². The van der Waals surface area contributed by atoms with E-state index < -0.39 is 5.82 Å². The van der Waals surface area contributed by atoms with Crippen molar-refractivity contribution in [2.24, 2.45) is 0 Å². The summed E-state index contributed by atoms with van der Waals surface area (Å²) in [6.45, 7) is 1.99. The summed E-state index contributed by atoms with van der Waals surface area (Å²) in [7, 11) is 0. The molecule has 148 valence electrons. The van der Waals surface area contributed by atoms with E-state index in [-0.39, 0.29) is 23.4 Å². The number of benzene rings is 1. The molecular formula is C20H21FN8. The number of nitrogens with two attached hydrogens (primary N) is 1. The number of nitrogen functional groups attached to an aromatic ring is 1. The minimum absolute atomic E-state index is 0.0150. The Hall–Kier alpha value is -3.49. The van der Waals surface area contributed by atoms with Crippen LogP contribution in [0.2, 0.25) is 0 Å². The van der Waals surface area contributed by atoms with Crippen LogP contribution < -0.4 is 11.1 Å². The summed E-state index contributed by atoms with van der Waals surface area (Å²) >= 11 is 0. The molecule has 5 rings (SSSR count). The SMILES string of the molecule is CC[C@@H](c1ccc2[nH]cnc2c1)c1nc(N)nc(Nc2cc(C3CC3)[nH]n2)c1F. The van der Waals surface area contributed by atoms with Crippen molar-refractivity contribution in [2.75, 3.05) is 11.1 Å². The first-order chi connectivity index (χ1) is 14.1. The van der Waals surface area contributed by atoms with Crippen LogP contribution in [0.3, 0.4) is 0 Å². The molecule has 0 aliphatic heterocycles. The number of anilines is 3. The molecule has 9 heteroatoms. The van der Waals surface area contributed by atoms with E-state index in [1.165, 1.54) is 0 Å². The molecule has 8 nitrogen and oxygen atoms in total. The minimum Gasteiger partial charge on any atom is -0.368 e. The molecule has 3 heterocycles. The lowest BCUT2D eigenvalue weighted by atomic mass is 9.92. The Morgan fingerprint density at radius 2 is 2.14 bits per heavy atom. The number of halogens is 1. The maximum atomic E-state index is 15.4. The molecule has 1 aliphatic carbocycles. The third kappa shape index (κ3) is 3.28. The van der Waals surface area contributed by atoms with Crippen molar-refractivity contribution < 1.29 is 4.39 Å². The topological polar surface area (TPSA) is 121 Å². The van der Waals surface area contributed by atoms with Gasteiger partial charge in [-0.05, 0) is 37.0 Å². The van der Waals surface area contributed by atoms with Gasteiger partial charge in [0.05, 0.1) is 23.1 Å². The van der Waals surface area contributed by atoms with E-state index in [9.17, 15) is 0 Å². The lowest BCUT2D eigenvalue weighted by Gasteiger charge is -2.17. The molecule has 1 fully saturated rings. The highest BCUT2D eigenvalue weighted by Gasteiger charge is 2.26. The second-order valence-corrected chi connectivity index (χ2v) is 7.38. The molecule has 29 heavy (non-hydrogen) atoms. The van der Waals surface area contributed by atoms with Gasteiger partial charge in [-0.3, -0.25) is 5.10 Å². The molecule has 0 bridgehead atoms. The van der Waals surface area contributed by atoms with Crippen LogP contribution in [0, 0.1) is 5.82 Å². The van der Waals surface area contributed by atoms with Gasteiger partial charge < -0.3 is 16.0 Å². The third-order valence-electron chi connectivity index (χ3n) is 5.34. The van der Waals surface area contributed by atoms with E-state index in [1.54, 1.807) is 6.33 Å². The maximum Gasteiger partial charge on any atom is 0.222 e. The van der Waals surface area contributed by atoms with Crippen molar-refractivity contribution in [1.29, 1.82) is 0 Å². The number of imidazole rings is 1. The Bertz CT molecular complexity index is 1180. The van der Waals surface area contributed by atoms with Crippen molar-refractivity contribution in [3.8, 4) is 0 Å². The number of hydrogen-bond donors (Lipinski definition) is 4. The van der Waals surface area contributed by atoms with Crippen molar-refractivity contribution in [3.05, 3.63) is 53.4 Å². The summed E-state index contributed by atoms with van der Waals surface area (Å²) in [5.74, 6) is 0.283. The van der Waals surface area contributed by atoms with E-state index in [1.807, 2.05) is 31.2 Å². The fourth-order valence-electron chi connectivity index (χ4n) is 3.67. The fourth-order valence-corrected chi connectivity index (χ4v) is 3.67. The third-order valence-corrected chi connectivity index (χ3v) is 5.34. The summed E-state index contributed by atoms with van der Waals surface area (Å²) in [6.07, 6.45) is 4.59. The van der Waals surface area contributed by atoms with Crippen molar-refractivity contribution in [1.82, 2.24) is 30.1 Å². The predicted octanol–water partition coefficient (Wildman–Crippen LogP) is 3.96. The largest absolute Gasteiger partial charge is 0.368 e. The first-order valence-corrected chi connectivity index (χ1v) is 9.70. The first kappa shape index (κ1) is 17.6. The zero-order chi connectivity index (χ0) is 20.0. The molecule has 1 saturated carbocycles. The van der Waals surface area contributed by atoms with Gasteiger partial charge in [0.25, 0.3) is 0 Å². The molecule has 1 atom stereocenters. The van der Waals surface area contributed by atoms with E-state index in [4.69, 9.17) is 5.73 Å². The van der Waals surface area contributed by atoms with Gasteiger partial charge >= 0.3 is 0 Å². The Balaban J connectivity index is 1.50. The highest BCUT2D eigenvalue weighted by molar-refractivity contribution is 5.75. The Morgan fingerprint density at radius 1 is 1.28 bits per heavy atom. The molecule has 0 unspecified atom stereocenters. The molecule has 4 aromatic rings. The monoisotopic (exact) mass is 392 g/mol. The summed E-state index contributed by atoms with van der Waals surface area (Å²) in [4.78, 5) is 15.6. The lowest BCUT2D eigenvalue weighted by Crippen LogP contribution is -2.12. The van der Waals surface area contributed by atoms with Crippen LogP contribution in [0.1, 0.15) is 55.0 Å². The zero-order valence-corrected chi connectivity index (χ0v) is 15.9. The zero-order valence-electron chi connectivity index (χ0n) is 15.9. The number of H-pyrrole nitrogens is 2. The summed E-state index contributed by atoms with van der Waals surface area (Å²) in [5.41, 5.74) is 9.90. The molecule has 1 aromatic carbocycles. The number of aromatic nitrogens is 6. The molecule has 0 amide bonds. The van der Waals surface area contributed by atoms with Crippen molar-refractivity contribution in [2.45, 2.75) is 38.0 Å². The number of fused-ring (bicyclic) bond motifs is 1. The molecule has 0 spiro atoms. The van der Waals surface area contributed by atoms with Gasteiger partial charge in [-0.25, -0.2) is 14.4 Å². The van der Waals surface area contributed by atoms with Gasteiger partial charge in [0.15, 0.2) is 17.5 Å². The predicted molar refractivity (Wildman–Crippen MR) is 108 cm³/mol. The number of nitrogens with one attached hydrogen (secondary N) is 3. The Morgan fingerprint density at radius 3 is 2.93 bits per heavy atom. The standard InChI is InChI=1S/C20H21FN8/c1-2-12(11-5-6-13-15(7-11)24-9-23-13)18-17(21)19(27-20(22)26-18)25-16-8-14(28-29-16)10-3-4-10/h5-10,12H,2-4H2,1H3,(H,23,24)(H4,22,25,26,27,28,29)/t12-/m0/s1. The van der Waals surface area contributed by atoms with E-state index in [2.05, 4.69) is 35.5 Å². The van der Waals surface area contributed by atoms with E-state index >= 15 is 4.39 Å². The normalized spacial score (nSPS) is 15.0. The molecular weight excluding hydrogens is 371 g/mol. The van der Waals surface area contributed by atoms with Crippen LogP contribution in [0.5, 0.6) is 0 Å². The van der Waals surface area contributed by atoms with Crippen molar-refractivity contribution >= 4 is 28.6 Å². The molecule has 3 aromatic heterocycles. The van der Waals surface area contributed by atoms with Gasteiger partial charge in [0, 0.05) is 23.6 Å². The fraction of sp³-hybridized carbons (Fsp3) is 0.300. The smallest absolute Gasteiger partial charge is 0.222 e. The lowest BCUT2D eigenvalue weighted by molar-refractivity contribution is 0.576. The first-order valence-electron chi connectivity index (χ1n) is 9.70. The average molecular weight is 392 g/mol. The van der Waals surface area contributed by atoms with Gasteiger partial charge in [0.1, 0.15) is 0 Å². The summed E-state index contributed by atoms with van der Waals surface area (Å²) < 4.78 is 15.4. The molecule has 0 radical (unpaired) electrons. The highest BCUT2D eigenvalue weighted by atomic mass is 19.1. The van der Waals surface area contributed by atoms with Gasteiger partial charge in [0.2, 0.25) is 5.95 Å². The van der Waals surface area contributed by atoms with Crippen molar-refractivity contribution in [3.63, 3.8) is 0 Å². The number of nitrogens with zero attached hydrogens (tertiary/aromatic N) is 4. The van der Waals surface area contributed by atoms with Crippen LogP contribution in [0.15, 0.2) is 30.6 Å². The van der Waals surface area contributed by atoms with Gasteiger partial charge in [-0.2, -0.15) is 10.1 Å². The summed E-state index contributed by atoms with van der Waals surface area (Å²) in [6, 6.07) is 7.72. The van der Waals surface area contributed by atoms with Crippen LogP contribution in [-0.4, -0.2) is 30.1 Å². The highest BCUT2D eigenvalue weighted by Crippen LogP contribution is 2.40. The Kier molecular flexibility index (Phi) is 4.15.